The van der Waals surface area contributed by atoms with Gasteiger partial charge in [-0.3, -0.25) is 14.6 Å². The molecule has 0 spiro atoms. The molecule has 4 rings (SSSR count). The fraction of sp³-hybridized carbons (Fsp3) is 0.214. The van der Waals surface area contributed by atoms with Crippen LogP contribution in [0.2, 0.25) is 0 Å². The second kappa shape index (κ2) is 11.2. The molecule has 0 aromatic heterocycles. The summed E-state index contributed by atoms with van der Waals surface area (Å²) < 4.78 is 5.27. The van der Waals surface area contributed by atoms with Crippen LogP contribution in [0.15, 0.2) is 96.1 Å². The van der Waals surface area contributed by atoms with Crippen LogP contribution in [-0.2, 0) is 25.5 Å². The maximum atomic E-state index is 12.8. The first-order chi connectivity index (χ1) is 17.0. The predicted molar refractivity (Wildman–Crippen MR) is 134 cm³/mol. The third-order valence-corrected chi connectivity index (χ3v) is 5.79. The van der Waals surface area contributed by atoms with Gasteiger partial charge in [0, 0.05) is 6.42 Å². The molecule has 3 aromatic rings. The van der Waals surface area contributed by atoms with Gasteiger partial charge in [-0.2, -0.15) is 5.10 Å². The topological polar surface area (TPSA) is 88.1 Å². The Morgan fingerprint density at radius 3 is 2.17 bits per heavy atom. The molecule has 0 saturated carbocycles. The highest BCUT2D eigenvalue weighted by atomic mass is 16.5. The number of rotatable bonds is 9. The van der Waals surface area contributed by atoms with Gasteiger partial charge in [-0.25, -0.2) is 4.79 Å². The minimum atomic E-state index is -0.691. The van der Waals surface area contributed by atoms with Gasteiger partial charge in [-0.1, -0.05) is 78.9 Å². The van der Waals surface area contributed by atoms with Crippen molar-refractivity contribution in [3.8, 4) is 0 Å². The van der Waals surface area contributed by atoms with Crippen LogP contribution in [0.3, 0.4) is 0 Å². The number of hydrogen-bond acceptors (Lipinski definition) is 6. The molecule has 0 fully saturated rings. The van der Waals surface area contributed by atoms with Gasteiger partial charge in [0.15, 0.2) is 12.4 Å². The largest absolute Gasteiger partial charge is 0.451 e. The molecule has 178 valence electrons. The molecule has 0 bridgehead atoms. The van der Waals surface area contributed by atoms with Crippen molar-refractivity contribution in [2.45, 2.75) is 31.8 Å². The highest BCUT2D eigenvalue weighted by molar-refractivity contribution is 6.37. The summed E-state index contributed by atoms with van der Waals surface area (Å²) in [6.07, 6.45) is 0.719. The number of Topliss-reactive ketones (excluding diaryl/α,β-unsaturated/α-hetero) is 1. The standard InChI is InChI=1S/C28H27N3O4/c1-20(32)24(17-21-11-5-2-6-12-21)29-27(33)19-35-28(34)25-18-26(22-13-7-3-8-14-22)31(30-25)23-15-9-4-10-16-23/h2-16,24,26H,17-19H2,1H3,(H,29,33)/t24-,26+/m0/s1. The maximum Gasteiger partial charge on any atom is 0.355 e. The number of nitrogens with one attached hydrogen (secondary N) is 1. The zero-order chi connectivity index (χ0) is 24.6. The lowest BCUT2D eigenvalue weighted by molar-refractivity contribution is -0.142. The van der Waals surface area contributed by atoms with Crippen LogP contribution in [0.4, 0.5) is 5.69 Å². The Morgan fingerprint density at radius 1 is 0.943 bits per heavy atom. The van der Waals surface area contributed by atoms with Gasteiger partial charge >= 0.3 is 5.97 Å². The number of anilines is 1. The molecule has 0 aliphatic carbocycles. The van der Waals surface area contributed by atoms with Crippen molar-refractivity contribution in [1.29, 1.82) is 0 Å². The summed E-state index contributed by atoms with van der Waals surface area (Å²) in [7, 11) is 0. The number of amides is 1. The molecule has 1 aliphatic rings. The van der Waals surface area contributed by atoms with Crippen molar-refractivity contribution in [3.63, 3.8) is 0 Å². The van der Waals surface area contributed by atoms with Gasteiger partial charge in [0.2, 0.25) is 0 Å². The number of esters is 1. The normalized spacial score (nSPS) is 15.7. The zero-order valence-electron chi connectivity index (χ0n) is 19.5. The number of ether oxygens (including phenoxy) is 1. The van der Waals surface area contributed by atoms with Gasteiger partial charge in [-0.05, 0) is 36.6 Å². The van der Waals surface area contributed by atoms with E-state index in [4.69, 9.17) is 4.74 Å². The fourth-order valence-electron chi connectivity index (χ4n) is 3.98. The Hall–Kier alpha value is -4.26. The molecule has 35 heavy (non-hydrogen) atoms. The van der Waals surface area contributed by atoms with Gasteiger partial charge in [0.25, 0.3) is 5.91 Å². The molecule has 1 amide bonds. The minimum Gasteiger partial charge on any atom is -0.451 e. The predicted octanol–water partition coefficient (Wildman–Crippen LogP) is 3.85. The summed E-state index contributed by atoms with van der Waals surface area (Å²) in [5, 5.41) is 9.00. The van der Waals surface area contributed by atoms with Crippen molar-refractivity contribution in [1.82, 2.24) is 5.32 Å². The minimum absolute atomic E-state index is 0.164. The number of hydrazone groups is 1. The second-order valence-electron chi connectivity index (χ2n) is 8.35. The molecule has 1 N–H and O–H groups in total. The van der Waals surface area contributed by atoms with Crippen LogP contribution >= 0.6 is 0 Å². The lowest BCUT2D eigenvalue weighted by Gasteiger charge is -2.23. The Morgan fingerprint density at radius 2 is 1.54 bits per heavy atom. The lowest BCUT2D eigenvalue weighted by atomic mass is 10.0. The molecule has 1 aliphatic heterocycles. The van der Waals surface area contributed by atoms with E-state index < -0.39 is 24.5 Å². The van der Waals surface area contributed by atoms with Gasteiger partial charge in [0.05, 0.1) is 17.8 Å². The Labute approximate surface area is 204 Å². The maximum absolute atomic E-state index is 12.8. The number of carbonyl (C=O) groups is 3. The molecule has 0 unspecified atom stereocenters. The van der Waals surface area contributed by atoms with Gasteiger partial charge < -0.3 is 10.1 Å². The summed E-state index contributed by atoms with van der Waals surface area (Å²) in [6, 6.07) is 28.0. The van der Waals surface area contributed by atoms with Crippen molar-refractivity contribution in [3.05, 3.63) is 102 Å². The van der Waals surface area contributed by atoms with Crippen LogP contribution in [-0.4, -0.2) is 36.0 Å². The lowest BCUT2D eigenvalue weighted by Crippen LogP contribution is -2.43. The first-order valence-electron chi connectivity index (χ1n) is 11.5. The van der Waals surface area contributed by atoms with E-state index in [1.54, 1.807) is 5.01 Å². The molecular formula is C28H27N3O4. The first kappa shape index (κ1) is 23.9. The summed E-state index contributed by atoms with van der Waals surface area (Å²) in [5.74, 6) is -1.35. The third-order valence-electron chi connectivity index (χ3n) is 5.79. The number of ketones is 1. The van der Waals surface area contributed by atoms with Gasteiger partial charge in [0.1, 0.15) is 5.71 Å². The molecule has 0 radical (unpaired) electrons. The molecular weight excluding hydrogens is 442 g/mol. The fourth-order valence-corrected chi connectivity index (χ4v) is 3.98. The van der Waals surface area contributed by atoms with E-state index in [1.165, 1.54) is 6.92 Å². The summed E-state index contributed by atoms with van der Waals surface area (Å²) in [5.41, 5.74) is 3.04. The Bertz CT molecular complexity index is 1200. The van der Waals surface area contributed by atoms with Crippen LogP contribution in [0.25, 0.3) is 0 Å². The van der Waals surface area contributed by atoms with E-state index >= 15 is 0 Å². The van der Waals surface area contributed by atoms with E-state index in [1.807, 2.05) is 91.0 Å². The van der Waals surface area contributed by atoms with Crippen LogP contribution < -0.4 is 10.3 Å². The monoisotopic (exact) mass is 469 g/mol. The SMILES string of the molecule is CC(=O)[C@H](Cc1ccccc1)NC(=O)COC(=O)C1=NN(c2ccccc2)[C@@H](c2ccccc2)C1. The highest BCUT2D eigenvalue weighted by Gasteiger charge is 2.33. The summed E-state index contributed by atoms with van der Waals surface area (Å²) in [4.78, 5) is 37.3. The molecule has 3 aromatic carbocycles. The van der Waals surface area contributed by atoms with E-state index in [-0.39, 0.29) is 17.5 Å². The van der Waals surface area contributed by atoms with Crippen LogP contribution in [0.1, 0.15) is 30.5 Å². The smallest absolute Gasteiger partial charge is 0.355 e. The molecule has 0 saturated heterocycles. The highest BCUT2D eigenvalue weighted by Crippen LogP contribution is 2.35. The quantitative estimate of drug-likeness (QED) is 0.481. The molecule has 1 heterocycles. The second-order valence-corrected chi connectivity index (χ2v) is 8.35. The molecule has 2 atom stereocenters. The average Bonchev–Trinajstić information content (AvgIpc) is 3.34. The first-order valence-corrected chi connectivity index (χ1v) is 11.5. The van der Waals surface area contributed by atoms with E-state index in [9.17, 15) is 14.4 Å². The number of benzene rings is 3. The van der Waals surface area contributed by atoms with Crippen molar-refractivity contribution < 1.29 is 19.1 Å². The number of carbonyl (C=O) groups excluding carboxylic acids is 3. The van der Waals surface area contributed by atoms with E-state index in [0.29, 0.717) is 12.8 Å². The Kier molecular flexibility index (Phi) is 7.67. The van der Waals surface area contributed by atoms with Crippen LogP contribution in [0.5, 0.6) is 0 Å². The van der Waals surface area contributed by atoms with Crippen molar-refractivity contribution in [2.24, 2.45) is 5.10 Å². The summed E-state index contributed by atoms with van der Waals surface area (Å²) in [6.45, 7) is 0.937. The molecule has 7 nitrogen and oxygen atoms in total. The number of nitrogens with zero attached hydrogens (tertiary/aromatic N) is 2. The van der Waals surface area contributed by atoms with Crippen molar-refractivity contribution in [2.75, 3.05) is 11.6 Å². The zero-order valence-corrected chi connectivity index (χ0v) is 19.5. The van der Waals surface area contributed by atoms with E-state index in [2.05, 4.69) is 10.4 Å². The average molecular weight is 470 g/mol. The van der Waals surface area contributed by atoms with Crippen LogP contribution in [0, 0.1) is 0 Å². The van der Waals surface area contributed by atoms with Gasteiger partial charge in [-0.15, -0.1) is 0 Å². The number of para-hydroxylation sites is 1. The number of hydrogen-bond donors (Lipinski definition) is 1. The van der Waals surface area contributed by atoms with Crippen molar-refractivity contribution >= 4 is 29.1 Å². The van der Waals surface area contributed by atoms with E-state index in [0.717, 1.165) is 16.8 Å². The summed E-state index contributed by atoms with van der Waals surface area (Å²) >= 11 is 0. The Balaban J connectivity index is 1.39. The molecule has 7 heteroatoms. The third kappa shape index (κ3) is 6.20.